The first-order valence-corrected chi connectivity index (χ1v) is 7.38. The van der Waals surface area contributed by atoms with Crippen molar-refractivity contribution >= 4 is 29.2 Å². The molecular weight excluding hydrogens is 325 g/mol. The topological polar surface area (TPSA) is 65.2 Å². The Balaban J connectivity index is 2.17. The van der Waals surface area contributed by atoms with E-state index in [1.54, 1.807) is 0 Å². The number of thioether (sulfide) groups is 1. The lowest BCUT2D eigenvalue weighted by molar-refractivity contribution is -0.141. The maximum Gasteiger partial charge on any atom is 0.438 e. The van der Waals surface area contributed by atoms with Crippen LogP contribution in [0.15, 0.2) is 34.7 Å². The Morgan fingerprint density at radius 1 is 1.33 bits per heavy atom. The molecule has 1 aromatic carbocycles. The molecule has 0 unspecified atom stereocenters. The van der Waals surface area contributed by atoms with Crippen molar-refractivity contribution < 1.29 is 22.7 Å². The van der Waals surface area contributed by atoms with Crippen LogP contribution in [0.3, 0.4) is 0 Å². The van der Waals surface area contributed by atoms with Crippen LogP contribution in [0.1, 0.15) is 11.3 Å². The highest BCUT2D eigenvalue weighted by molar-refractivity contribution is 8.00. The number of carbonyl (C=O) groups is 1. The average molecular weight is 334 g/mol. The van der Waals surface area contributed by atoms with Gasteiger partial charge >= 0.3 is 12.3 Å². The van der Waals surface area contributed by atoms with Gasteiger partial charge in [0.05, 0.1) is 0 Å². The fourth-order valence-electron chi connectivity index (χ4n) is 1.41. The Hall–Kier alpha value is -1.74. The number of benzene rings is 1. The predicted molar refractivity (Wildman–Crippen MR) is 73.3 cm³/mol. The molecule has 21 heavy (non-hydrogen) atoms. The predicted octanol–water partition coefficient (Wildman–Crippen LogP) is 3.91. The van der Waals surface area contributed by atoms with Gasteiger partial charge in [-0.2, -0.15) is 13.2 Å². The van der Waals surface area contributed by atoms with Crippen molar-refractivity contribution in [2.75, 3.05) is 0 Å². The molecule has 9 heteroatoms. The minimum atomic E-state index is -4.70. The minimum absolute atomic E-state index is 0.155. The Morgan fingerprint density at radius 2 is 2.00 bits per heavy atom. The molecule has 112 valence electrons. The highest BCUT2D eigenvalue weighted by Crippen LogP contribution is 2.42. The van der Waals surface area contributed by atoms with Gasteiger partial charge in [0.25, 0.3) is 0 Å². The van der Waals surface area contributed by atoms with Crippen LogP contribution in [0.25, 0.3) is 0 Å². The molecule has 0 aliphatic rings. The molecule has 1 amide bonds. The lowest BCUT2D eigenvalue weighted by Gasteiger charge is -2.04. The first kappa shape index (κ1) is 15.6. The number of halogens is 3. The summed E-state index contributed by atoms with van der Waals surface area (Å²) in [4.78, 5) is 14.1. The van der Waals surface area contributed by atoms with Gasteiger partial charge in [-0.1, -0.05) is 53.4 Å². The van der Waals surface area contributed by atoms with Gasteiger partial charge in [-0.15, -0.1) is 0 Å². The molecule has 0 aliphatic heterocycles. The molecule has 0 aliphatic carbocycles. The first-order valence-electron chi connectivity index (χ1n) is 5.58. The number of carbonyl (C=O) groups excluding carboxylic acids is 1. The maximum absolute atomic E-state index is 12.8. The number of hydrogen-bond acceptors (Lipinski definition) is 5. The van der Waals surface area contributed by atoms with Crippen molar-refractivity contribution in [3.8, 4) is 5.06 Å². The van der Waals surface area contributed by atoms with Crippen molar-refractivity contribution in [1.29, 1.82) is 0 Å². The molecule has 1 heterocycles. The second-order valence-electron chi connectivity index (χ2n) is 3.81. The fourth-order valence-corrected chi connectivity index (χ4v) is 3.36. The summed E-state index contributed by atoms with van der Waals surface area (Å²) in [5, 5.41) is -0.634. The Kier molecular flexibility index (Phi) is 4.73. The van der Waals surface area contributed by atoms with Crippen molar-refractivity contribution in [3.05, 3.63) is 41.6 Å². The summed E-state index contributed by atoms with van der Waals surface area (Å²) in [7, 11) is 0. The van der Waals surface area contributed by atoms with E-state index in [0.29, 0.717) is 17.1 Å². The molecule has 0 radical (unpaired) electrons. The van der Waals surface area contributed by atoms with Crippen LogP contribution >= 0.6 is 23.1 Å². The zero-order valence-corrected chi connectivity index (χ0v) is 12.0. The average Bonchev–Trinajstić information content (AvgIpc) is 2.80. The first-order chi connectivity index (χ1) is 9.86. The Morgan fingerprint density at radius 3 is 2.57 bits per heavy atom. The van der Waals surface area contributed by atoms with Crippen LogP contribution < -0.4 is 10.5 Å². The minimum Gasteiger partial charge on any atom is -0.397 e. The molecule has 0 saturated carbocycles. The van der Waals surface area contributed by atoms with E-state index < -0.39 is 23.0 Å². The van der Waals surface area contributed by atoms with E-state index in [2.05, 4.69) is 9.72 Å². The van der Waals surface area contributed by atoms with E-state index in [1.165, 1.54) is 0 Å². The third-order valence-corrected chi connectivity index (χ3v) is 4.39. The Bertz CT molecular complexity index is 629. The quantitative estimate of drug-likeness (QED) is 0.861. The van der Waals surface area contributed by atoms with Gasteiger partial charge < -0.3 is 10.5 Å². The smallest absolute Gasteiger partial charge is 0.397 e. The second kappa shape index (κ2) is 6.35. The van der Waals surface area contributed by atoms with Crippen LogP contribution in [0, 0.1) is 0 Å². The number of ether oxygens (including phenoxy) is 1. The third kappa shape index (κ3) is 4.36. The molecule has 2 N–H and O–H groups in total. The van der Waals surface area contributed by atoms with Crippen LogP contribution in [0.5, 0.6) is 5.06 Å². The number of amides is 1. The van der Waals surface area contributed by atoms with E-state index in [9.17, 15) is 18.0 Å². The molecular formula is C12H9F3N2O2S2. The second-order valence-corrected chi connectivity index (χ2v) is 5.99. The molecule has 0 atom stereocenters. The van der Waals surface area contributed by atoms with Gasteiger partial charge in [0.15, 0.2) is 10.0 Å². The lowest BCUT2D eigenvalue weighted by Crippen LogP contribution is -2.18. The Labute approximate surface area is 126 Å². The van der Waals surface area contributed by atoms with Crippen LogP contribution in [0.4, 0.5) is 18.0 Å². The SMILES string of the molecule is NC(=O)Oc1sc(SCc2ccccc2)nc1C(F)(F)F. The van der Waals surface area contributed by atoms with Crippen molar-refractivity contribution in [3.63, 3.8) is 0 Å². The zero-order valence-electron chi connectivity index (χ0n) is 10.4. The molecule has 0 fully saturated rings. The van der Waals surface area contributed by atoms with Crippen molar-refractivity contribution in [2.24, 2.45) is 5.73 Å². The van der Waals surface area contributed by atoms with Gasteiger partial charge in [0, 0.05) is 5.75 Å². The fraction of sp³-hybridized carbons (Fsp3) is 0.167. The highest BCUT2D eigenvalue weighted by atomic mass is 32.2. The largest absolute Gasteiger partial charge is 0.438 e. The van der Waals surface area contributed by atoms with Gasteiger partial charge in [0.2, 0.25) is 5.06 Å². The molecule has 4 nitrogen and oxygen atoms in total. The van der Waals surface area contributed by atoms with Gasteiger partial charge in [0.1, 0.15) is 0 Å². The molecule has 0 spiro atoms. The van der Waals surface area contributed by atoms with E-state index >= 15 is 0 Å². The molecule has 0 saturated heterocycles. The van der Waals surface area contributed by atoms with E-state index in [4.69, 9.17) is 5.73 Å². The summed E-state index contributed by atoms with van der Waals surface area (Å²) in [5.74, 6) is 0.460. The monoisotopic (exact) mass is 334 g/mol. The molecule has 2 rings (SSSR count). The standard InChI is InChI=1S/C12H9F3N2O2S2/c13-12(14,15)8-9(19-10(16)18)21-11(17-8)20-6-7-4-2-1-3-5-7/h1-5H,6H2,(H2,16,18). The molecule has 0 bridgehead atoms. The summed E-state index contributed by atoms with van der Waals surface area (Å²) in [6, 6.07) is 9.22. The van der Waals surface area contributed by atoms with Gasteiger partial charge in [-0.3, -0.25) is 0 Å². The van der Waals surface area contributed by atoms with Crippen LogP contribution in [-0.4, -0.2) is 11.1 Å². The van der Waals surface area contributed by atoms with E-state index in [-0.39, 0.29) is 4.34 Å². The number of primary amides is 1. The van der Waals surface area contributed by atoms with Crippen molar-refractivity contribution in [1.82, 2.24) is 4.98 Å². The summed E-state index contributed by atoms with van der Waals surface area (Å²) in [5.41, 5.74) is 4.47. The number of alkyl halides is 3. The maximum atomic E-state index is 12.8. The van der Waals surface area contributed by atoms with Gasteiger partial charge in [-0.05, 0) is 5.56 Å². The lowest BCUT2D eigenvalue weighted by atomic mass is 10.2. The summed E-state index contributed by atoms with van der Waals surface area (Å²) in [6.07, 6.45) is -6.00. The number of nitrogens with two attached hydrogens (primary N) is 1. The number of rotatable bonds is 4. The molecule has 1 aromatic heterocycles. The van der Waals surface area contributed by atoms with Crippen molar-refractivity contribution in [2.45, 2.75) is 16.3 Å². The number of aromatic nitrogens is 1. The summed E-state index contributed by atoms with van der Waals surface area (Å²) >= 11 is 1.77. The summed E-state index contributed by atoms with van der Waals surface area (Å²) in [6.45, 7) is 0. The highest BCUT2D eigenvalue weighted by Gasteiger charge is 2.39. The zero-order chi connectivity index (χ0) is 15.5. The van der Waals surface area contributed by atoms with Crippen LogP contribution in [-0.2, 0) is 11.9 Å². The number of thiazole rings is 1. The number of nitrogens with zero attached hydrogens (tertiary/aromatic N) is 1. The summed E-state index contributed by atoms with van der Waals surface area (Å²) < 4.78 is 42.9. The normalized spacial score (nSPS) is 11.4. The van der Waals surface area contributed by atoms with Crippen LogP contribution in [0.2, 0.25) is 0 Å². The van der Waals surface area contributed by atoms with E-state index in [1.807, 2.05) is 30.3 Å². The number of hydrogen-bond donors (Lipinski definition) is 1. The van der Waals surface area contributed by atoms with Gasteiger partial charge in [-0.25, -0.2) is 9.78 Å². The molecule has 2 aromatic rings. The third-order valence-electron chi connectivity index (χ3n) is 2.24. The van der Waals surface area contributed by atoms with E-state index in [0.717, 1.165) is 17.3 Å².